The van der Waals surface area contributed by atoms with Gasteiger partial charge in [0, 0.05) is 23.4 Å². The third-order valence-corrected chi connectivity index (χ3v) is 3.59. The highest BCUT2D eigenvalue weighted by molar-refractivity contribution is 5.94. The summed E-state index contributed by atoms with van der Waals surface area (Å²) < 4.78 is 10.8. The van der Waals surface area contributed by atoms with E-state index in [0.717, 1.165) is 41.6 Å². The molecule has 0 saturated heterocycles. The predicted molar refractivity (Wildman–Crippen MR) is 96.7 cm³/mol. The van der Waals surface area contributed by atoms with Crippen LogP contribution in [-0.4, -0.2) is 25.0 Å². The molecule has 130 valence electrons. The van der Waals surface area contributed by atoms with Crippen molar-refractivity contribution in [3.8, 4) is 12.3 Å². The molecule has 1 heterocycles. The fraction of sp³-hybridized carbons (Fsp3) is 0.300. The zero-order chi connectivity index (χ0) is 18.1. The van der Waals surface area contributed by atoms with Crippen LogP contribution < -0.4 is 5.32 Å². The van der Waals surface area contributed by atoms with Crippen LogP contribution in [-0.2, 0) is 20.7 Å². The Hall–Kier alpha value is -3.00. The number of carbonyl (C=O) groups excluding carboxylic acids is 2. The maximum atomic E-state index is 11.8. The van der Waals surface area contributed by atoms with Gasteiger partial charge in [-0.2, -0.15) is 0 Å². The van der Waals surface area contributed by atoms with Gasteiger partial charge in [-0.3, -0.25) is 4.79 Å². The molecule has 1 N–H and O–H groups in total. The van der Waals surface area contributed by atoms with E-state index in [1.54, 1.807) is 6.08 Å². The van der Waals surface area contributed by atoms with Crippen molar-refractivity contribution in [2.45, 2.75) is 26.2 Å². The second-order valence-electron chi connectivity index (χ2n) is 5.46. The number of fused-ring (bicyclic) bond motifs is 1. The first-order chi connectivity index (χ1) is 12.2. The molecule has 1 amide bonds. The summed E-state index contributed by atoms with van der Waals surface area (Å²) >= 11 is 0. The first kappa shape index (κ1) is 18.3. The first-order valence-corrected chi connectivity index (χ1v) is 8.21. The van der Waals surface area contributed by atoms with Crippen molar-refractivity contribution in [2.75, 3.05) is 13.2 Å². The van der Waals surface area contributed by atoms with Crippen molar-refractivity contribution in [1.82, 2.24) is 5.32 Å². The third kappa shape index (κ3) is 5.25. The van der Waals surface area contributed by atoms with Crippen LogP contribution >= 0.6 is 0 Å². The summed E-state index contributed by atoms with van der Waals surface area (Å²) in [5.41, 5.74) is 1.66. The lowest BCUT2D eigenvalue weighted by molar-refractivity contribution is -0.143. The molecular weight excluding hydrogens is 318 g/mol. The van der Waals surface area contributed by atoms with Gasteiger partial charge in [0.25, 0.3) is 5.91 Å². The number of aryl methyl sites for hydroxylation is 1. The number of benzene rings is 1. The van der Waals surface area contributed by atoms with E-state index in [9.17, 15) is 9.59 Å². The first-order valence-electron chi connectivity index (χ1n) is 8.21. The maximum absolute atomic E-state index is 11.8. The van der Waals surface area contributed by atoms with Crippen LogP contribution in [0.5, 0.6) is 0 Å². The standard InChI is InChI=1S/C20H21NO4/c1-3-5-9-17-16(15-8-6-7-10-18(15)25-17)11-12-20(23)24-14-19(22)21-13-4-2/h2,6-8,10-12H,3,5,9,13-14H2,1H3,(H,21,22)/b12-11+. The summed E-state index contributed by atoms with van der Waals surface area (Å²) in [4.78, 5) is 23.2. The molecule has 0 aliphatic heterocycles. The fourth-order valence-corrected chi connectivity index (χ4v) is 2.36. The Morgan fingerprint density at radius 1 is 1.36 bits per heavy atom. The lowest BCUT2D eigenvalue weighted by Crippen LogP contribution is -2.28. The number of ether oxygens (including phenoxy) is 1. The van der Waals surface area contributed by atoms with Crippen LogP contribution in [0.3, 0.4) is 0 Å². The van der Waals surface area contributed by atoms with Crippen molar-refractivity contribution < 1.29 is 18.7 Å². The van der Waals surface area contributed by atoms with Gasteiger partial charge in [-0.25, -0.2) is 4.79 Å². The Morgan fingerprint density at radius 2 is 2.16 bits per heavy atom. The Kier molecular flexibility index (Phi) is 6.85. The number of rotatable bonds is 8. The van der Waals surface area contributed by atoms with E-state index in [-0.39, 0.29) is 13.2 Å². The zero-order valence-electron chi connectivity index (χ0n) is 14.2. The number of furan rings is 1. The number of terminal acetylenes is 1. The molecule has 1 aromatic carbocycles. The van der Waals surface area contributed by atoms with E-state index >= 15 is 0 Å². The van der Waals surface area contributed by atoms with Crippen LogP contribution in [0.25, 0.3) is 17.0 Å². The third-order valence-electron chi connectivity index (χ3n) is 3.59. The van der Waals surface area contributed by atoms with Crippen LogP contribution in [0.4, 0.5) is 0 Å². The molecule has 0 radical (unpaired) electrons. The number of hydrogen-bond acceptors (Lipinski definition) is 4. The van der Waals surface area contributed by atoms with Crippen LogP contribution in [0.2, 0.25) is 0 Å². The summed E-state index contributed by atoms with van der Waals surface area (Å²) in [6.45, 7) is 1.86. The fourth-order valence-electron chi connectivity index (χ4n) is 2.36. The lowest BCUT2D eigenvalue weighted by atomic mass is 10.1. The molecular formula is C20H21NO4. The minimum Gasteiger partial charge on any atom is -0.460 e. The van der Waals surface area contributed by atoms with Crippen LogP contribution in [0.1, 0.15) is 31.1 Å². The number of esters is 1. The number of nitrogens with one attached hydrogen (secondary N) is 1. The molecule has 5 nitrogen and oxygen atoms in total. The van der Waals surface area contributed by atoms with Gasteiger partial charge in [0.1, 0.15) is 11.3 Å². The Bertz CT molecular complexity index is 811. The molecule has 0 atom stereocenters. The predicted octanol–water partition coefficient (Wildman–Crippen LogP) is 3.08. The number of unbranched alkanes of at least 4 members (excludes halogenated alkanes) is 1. The van der Waals surface area contributed by atoms with E-state index < -0.39 is 11.9 Å². The average Bonchev–Trinajstić information content (AvgIpc) is 2.98. The summed E-state index contributed by atoms with van der Waals surface area (Å²) in [5.74, 6) is 2.09. The number of carbonyl (C=O) groups is 2. The van der Waals surface area contributed by atoms with Gasteiger partial charge >= 0.3 is 5.97 Å². The average molecular weight is 339 g/mol. The van der Waals surface area contributed by atoms with Crippen LogP contribution in [0.15, 0.2) is 34.8 Å². The Labute approximate surface area is 147 Å². The SMILES string of the molecule is C#CCNC(=O)COC(=O)/C=C/c1c(CCCC)oc2ccccc12. The minimum atomic E-state index is -0.595. The maximum Gasteiger partial charge on any atom is 0.331 e. The van der Waals surface area contributed by atoms with Gasteiger partial charge < -0.3 is 14.5 Å². The highest BCUT2D eigenvalue weighted by Gasteiger charge is 2.12. The van der Waals surface area contributed by atoms with Gasteiger partial charge in [-0.15, -0.1) is 6.42 Å². The van der Waals surface area contributed by atoms with E-state index in [4.69, 9.17) is 15.6 Å². The Balaban J connectivity index is 2.07. The van der Waals surface area contributed by atoms with E-state index in [0.29, 0.717) is 0 Å². The molecule has 2 aromatic rings. The molecule has 0 spiro atoms. The van der Waals surface area contributed by atoms with Gasteiger partial charge in [-0.05, 0) is 18.6 Å². The smallest absolute Gasteiger partial charge is 0.331 e. The van der Waals surface area contributed by atoms with Gasteiger partial charge in [0.15, 0.2) is 6.61 Å². The summed E-state index contributed by atoms with van der Waals surface area (Å²) in [7, 11) is 0. The van der Waals surface area contributed by atoms with Crippen molar-refractivity contribution in [1.29, 1.82) is 0 Å². The van der Waals surface area contributed by atoms with Crippen molar-refractivity contribution in [2.24, 2.45) is 0 Å². The van der Waals surface area contributed by atoms with Gasteiger partial charge in [0.05, 0.1) is 6.54 Å². The molecule has 0 aliphatic rings. The molecule has 0 unspecified atom stereocenters. The molecule has 0 saturated carbocycles. The van der Waals surface area contributed by atoms with E-state index in [1.807, 2.05) is 24.3 Å². The molecule has 25 heavy (non-hydrogen) atoms. The molecule has 5 heteroatoms. The largest absolute Gasteiger partial charge is 0.460 e. The quantitative estimate of drug-likeness (QED) is 0.456. The molecule has 2 rings (SSSR count). The highest BCUT2D eigenvalue weighted by Crippen LogP contribution is 2.28. The second kappa shape index (κ2) is 9.33. The number of amides is 1. The van der Waals surface area contributed by atoms with Crippen LogP contribution in [0, 0.1) is 12.3 Å². The summed E-state index contributed by atoms with van der Waals surface area (Å²) in [6.07, 6.45) is 10.9. The Morgan fingerprint density at radius 3 is 2.92 bits per heavy atom. The molecule has 0 bridgehead atoms. The van der Waals surface area contributed by atoms with Crippen molar-refractivity contribution in [3.63, 3.8) is 0 Å². The molecule has 1 aromatic heterocycles. The van der Waals surface area contributed by atoms with Gasteiger partial charge in [0.2, 0.25) is 0 Å². The van der Waals surface area contributed by atoms with Gasteiger partial charge in [-0.1, -0.05) is 37.5 Å². The van der Waals surface area contributed by atoms with E-state index in [2.05, 4.69) is 18.2 Å². The molecule has 0 fully saturated rings. The van der Waals surface area contributed by atoms with Crippen molar-refractivity contribution >= 4 is 28.9 Å². The minimum absolute atomic E-state index is 0.105. The number of para-hydroxylation sites is 1. The normalized spacial score (nSPS) is 10.7. The highest BCUT2D eigenvalue weighted by atomic mass is 16.5. The summed E-state index contributed by atoms with van der Waals surface area (Å²) in [5, 5.41) is 3.37. The lowest BCUT2D eigenvalue weighted by Gasteiger charge is -2.02. The monoisotopic (exact) mass is 339 g/mol. The molecule has 0 aliphatic carbocycles. The topological polar surface area (TPSA) is 68.5 Å². The second-order valence-corrected chi connectivity index (χ2v) is 5.46. The number of hydrogen-bond donors (Lipinski definition) is 1. The zero-order valence-corrected chi connectivity index (χ0v) is 14.2. The van der Waals surface area contributed by atoms with E-state index in [1.165, 1.54) is 6.08 Å². The van der Waals surface area contributed by atoms with Crippen molar-refractivity contribution in [3.05, 3.63) is 41.7 Å². The summed E-state index contributed by atoms with van der Waals surface area (Å²) in [6, 6.07) is 7.68.